The molecule has 5 heteroatoms. The van der Waals surface area contributed by atoms with Crippen molar-refractivity contribution in [2.24, 2.45) is 11.3 Å². The molecule has 3 rings (SSSR count). The number of hydrogen-bond donors (Lipinski definition) is 2. The first kappa shape index (κ1) is 18.0. The molecule has 1 spiro atoms. The fraction of sp³-hybridized carbons (Fsp3) is 0.941. The summed E-state index contributed by atoms with van der Waals surface area (Å²) in [6.45, 7) is 4.78. The highest BCUT2D eigenvalue weighted by atomic mass is 35.5. The Balaban J connectivity index is 0.00000176. The topological polar surface area (TPSA) is 50.4 Å². The van der Waals surface area contributed by atoms with Crippen LogP contribution in [0, 0.1) is 11.3 Å². The van der Waals surface area contributed by atoms with Gasteiger partial charge >= 0.3 is 0 Å². The van der Waals surface area contributed by atoms with E-state index in [0.717, 1.165) is 39.0 Å². The van der Waals surface area contributed by atoms with Crippen LogP contribution in [-0.4, -0.2) is 37.7 Å². The summed E-state index contributed by atoms with van der Waals surface area (Å²) in [6, 6.07) is 0.351. The lowest BCUT2D eigenvalue weighted by Crippen LogP contribution is -2.66. The molecule has 22 heavy (non-hydrogen) atoms. The van der Waals surface area contributed by atoms with Gasteiger partial charge in [-0.1, -0.05) is 19.3 Å². The number of amides is 1. The zero-order chi connectivity index (χ0) is 14.7. The second-order valence-corrected chi connectivity index (χ2v) is 7.08. The Morgan fingerprint density at radius 3 is 2.68 bits per heavy atom. The second kappa shape index (κ2) is 7.98. The molecule has 3 fully saturated rings. The van der Waals surface area contributed by atoms with Crippen LogP contribution in [-0.2, 0) is 9.53 Å². The number of carbonyl (C=O) groups is 1. The van der Waals surface area contributed by atoms with Crippen molar-refractivity contribution in [2.75, 3.05) is 19.7 Å². The highest BCUT2D eigenvalue weighted by Gasteiger charge is 2.56. The van der Waals surface area contributed by atoms with E-state index in [-0.39, 0.29) is 29.6 Å². The molecule has 0 radical (unpaired) electrons. The Morgan fingerprint density at radius 2 is 2.05 bits per heavy atom. The van der Waals surface area contributed by atoms with E-state index in [9.17, 15) is 4.79 Å². The summed E-state index contributed by atoms with van der Waals surface area (Å²) in [6.07, 6.45) is 9.92. The minimum Gasteiger partial charge on any atom is -0.378 e. The summed E-state index contributed by atoms with van der Waals surface area (Å²) in [5.41, 5.74) is 0.242. The molecule has 2 aliphatic carbocycles. The summed E-state index contributed by atoms with van der Waals surface area (Å²) in [4.78, 5) is 12.5. The smallest absolute Gasteiger partial charge is 0.224 e. The first-order chi connectivity index (χ1) is 10.3. The van der Waals surface area contributed by atoms with E-state index in [2.05, 4.69) is 17.6 Å². The van der Waals surface area contributed by atoms with Gasteiger partial charge in [-0.05, 0) is 45.6 Å². The molecule has 2 saturated carbocycles. The second-order valence-electron chi connectivity index (χ2n) is 7.08. The molecule has 0 aromatic rings. The summed E-state index contributed by atoms with van der Waals surface area (Å²) in [7, 11) is 0. The predicted octanol–water partition coefficient (Wildman–Crippen LogP) is 2.65. The Kier molecular flexibility index (Phi) is 6.54. The number of ether oxygens (including phenoxy) is 1. The van der Waals surface area contributed by atoms with Crippen molar-refractivity contribution in [1.82, 2.24) is 10.6 Å². The van der Waals surface area contributed by atoms with Crippen molar-refractivity contribution in [3.8, 4) is 0 Å². The molecular weight excluding hydrogens is 300 g/mol. The third-order valence-electron chi connectivity index (χ3n) is 5.92. The van der Waals surface area contributed by atoms with Gasteiger partial charge in [0, 0.05) is 24.6 Å². The highest BCUT2D eigenvalue weighted by Crippen LogP contribution is 2.53. The molecule has 1 saturated heterocycles. The minimum atomic E-state index is 0. The monoisotopic (exact) mass is 330 g/mol. The number of piperidine rings is 1. The van der Waals surface area contributed by atoms with Gasteiger partial charge in [0.2, 0.25) is 5.91 Å². The van der Waals surface area contributed by atoms with Crippen molar-refractivity contribution in [1.29, 1.82) is 0 Å². The number of halogens is 1. The van der Waals surface area contributed by atoms with Crippen LogP contribution in [0.15, 0.2) is 0 Å². The molecule has 1 aliphatic heterocycles. The van der Waals surface area contributed by atoms with E-state index in [1.807, 2.05) is 0 Å². The molecule has 128 valence electrons. The van der Waals surface area contributed by atoms with Crippen LogP contribution in [0.2, 0.25) is 0 Å². The zero-order valence-corrected chi connectivity index (χ0v) is 14.6. The number of carbonyl (C=O) groups excluding carboxylic acids is 1. The Bertz CT molecular complexity index is 366. The largest absolute Gasteiger partial charge is 0.378 e. The van der Waals surface area contributed by atoms with Crippen molar-refractivity contribution >= 4 is 18.3 Å². The van der Waals surface area contributed by atoms with Gasteiger partial charge in [-0.25, -0.2) is 0 Å². The molecular formula is C17H31ClN2O2. The van der Waals surface area contributed by atoms with Crippen LogP contribution in [0.3, 0.4) is 0 Å². The Morgan fingerprint density at radius 1 is 1.27 bits per heavy atom. The fourth-order valence-corrected chi connectivity index (χ4v) is 4.63. The van der Waals surface area contributed by atoms with Crippen molar-refractivity contribution in [3.05, 3.63) is 0 Å². The van der Waals surface area contributed by atoms with Gasteiger partial charge < -0.3 is 15.4 Å². The van der Waals surface area contributed by atoms with Crippen molar-refractivity contribution < 1.29 is 9.53 Å². The van der Waals surface area contributed by atoms with E-state index in [4.69, 9.17) is 4.74 Å². The number of rotatable bonds is 4. The third-order valence-corrected chi connectivity index (χ3v) is 5.92. The van der Waals surface area contributed by atoms with Gasteiger partial charge in [0.15, 0.2) is 0 Å². The SMILES string of the molecule is CCOC1CC(NC(=O)C2CCCNC2)C12CCCCC2.Cl. The molecule has 3 atom stereocenters. The maximum atomic E-state index is 12.5. The quantitative estimate of drug-likeness (QED) is 0.833. The molecule has 0 aromatic heterocycles. The molecule has 3 aliphatic rings. The first-order valence-electron chi connectivity index (χ1n) is 8.89. The fourth-order valence-electron chi connectivity index (χ4n) is 4.63. The summed E-state index contributed by atoms with van der Waals surface area (Å²) >= 11 is 0. The van der Waals surface area contributed by atoms with E-state index >= 15 is 0 Å². The average Bonchev–Trinajstić information content (AvgIpc) is 2.55. The van der Waals surface area contributed by atoms with Gasteiger partial charge in [0.1, 0.15) is 0 Å². The lowest BCUT2D eigenvalue weighted by Gasteiger charge is -2.57. The maximum absolute atomic E-state index is 12.5. The number of hydrogen-bond acceptors (Lipinski definition) is 3. The van der Waals surface area contributed by atoms with Crippen molar-refractivity contribution in [2.45, 2.75) is 70.4 Å². The molecule has 3 unspecified atom stereocenters. The highest BCUT2D eigenvalue weighted by molar-refractivity contribution is 5.85. The van der Waals surface area contributed by atoms with Crippen LogP contribution in [0.4, 0.5) is 0 Å². The lowest BCUT2D eigenvalue weighted by atomic mass is 9.55. The molecule has 1 heterocycles. The normalized spacial score (nSPS) is 33.6. The Labute approximate surface area is 140 Å². The van der Waals surface area contributed by atoms with Gasteiger partial charge in [-0.2, -0.15) is 0 Å². The lowest BCUT2D eigenvalue weighted by molar-refractivity contribution is -0.158. The van der Waals surface area contributed by atoms with Gasteiger partial charge in [0.05, 0.1) is 12.0 Å². The van der Waals surface area contributed by atoms with Gasteiger partial charge in [-0.15, -0.1) is 12.4 Å². The maximum Gasteiger partial charge on any atom is 0.224 e. The third kappa shape index (κ3) is 3.44. The van der Waals surface area contributed by atoms with Crippen LogP contribution in [0.1, 0.15) is 58.3 Å². The molecule has 0 bridgehead atoms. The van der Waals surface area contributed by atoms with Crippen LogP contribution < -0.4 is 10.6 Å². The summed E-state index contributed by atoms with van der Waals surface area (Å²) < 4.78 is 5.96. The minimum absolute atomic E-state index is 0. The zero-order valence-electron chi connectivity index (χ0n) is 13.7. The standard InChI is InChI=1S/C17H30N2O2.ClH/c1-2-21-15-11-14(17(15)8-4-3-5-9-17)19-16(20)13-7-6-10-18-12-13;/h13-15,18H,2-12H2,1H3,(H,19,20);1H. The van der Waals surface area contributed by atoms with Crippen LogP contribution >= 0.6 is 12.4 Å². The predicted molar refractivity (Wildman–Crippen MR) is 90.3 cm³/mol. The first-order valence-corrected chi connectivity index (χ1v) is 8.89. The Hall–Kier alpha value is -0.320. The van der Waals surface area contributed by atoms with Gasteiger partial charge in [0.25, 0.3) is 0 Å². The van der Waals surface area contributed by atoms with E-state index in [1.165, 1.54) is 32.1 Å². The molecule has 4 nitrogen and oxygen atoms in total. The van der Waals surface area contributed by atoms with Crippen molar-refractivity contribution in [3.63, 3.8) is 0 Å². The molecule has 2 N–H and O–H groups in total. The average molecular weight is 331 g/mol. The van der Waals surface area contributed by atoms with Gasteiger partial charge in [-0.3, -0.25) is 4.79 Å². The number of nitrogens with one attached hydrogen (secondary N) is 2. The van der Waals surface area contributed by atoms with E-state index in [1.54, 1.807) is 0 Å². The summed E-state index contributed by atoms with van der Waals surface area (Å²) in [5.74, 6) is 0.442. The molecule has 1 amide bonds. The molecule has 0 aromatic carbocycles. The van der Waals surface area contributed by atoms with E-state index in [0.29, 0.717) is 12.1 Å². The van der Waals surface area contributed by atoms with Crippen LogP contribution in [0.5, 0.6) is 0 Å². The summed E-state index contributed by atoms with van der Waals surface area (Å²) in [5, 5.41) is 6.72. The van der Waals surface area contributed by atoms with E-state index < -0.39 is 0 Å². The van der Waals surface area contributed by atoms with Crippen LogP contribution in [0.25, 0.3) is 0 Å².